The summed E-state index contributed by atoms with van der Waals surface area (Å²) in [5, 5.41) is 14.4. The number of hydrogen-bond acceptors (Lipinski definition) is 2. The number of hydrogen-bond donors (Lipinski definition) is 3. The van der Waals surface area contributed by atoms with Gasteiger partial charge in [-0.2, -0.15) is 0 Å². The molecule has 0 bridgehead atoms. The lowest BCUT2D eigenvalue weighted by atomic mass is 10.0. The third-order valence-corrected chi connectivity index (χ3v) is 4.90. The minimum absolute atomic E-state index is 0.0980. The van der Waals surface area contributed by atoms with Crippen LogP contribution in [0.2, 0.25) is 0 Å². The SMILES string of the molecule is CC1(C)C(NC(=O)NCCCCCCC(=O)O)C1(C)C. The van der Waals surface area contributed by atoms with Crippen LogP contribution >= 0.6 is 0 Å². The molecular formula is C15H28N2O3. The Morgan fingerprint density at radius 1 is 1.00 bits per heavy atom. The van der Waals surface area contributed by atoms with Crippen molar-refractivity contribution in [3.05, 3.63) is 0 Å². The van der Waals surface area contributed by atoms with Gasteiger partial charge in [0.2, 0.25) is 0 Å². The second-order valence-electron chi connectivity index (χ2n) is 6.83. The molecule has 1 rings (SSSR count). The molecule has 1 saturated carbocycles. The molecule has 0 saturated heterocycles. The molecule has 0 aromatic heterocycles. The molecule has 3 N–H and O–H groups in total. The van der Waals surface area contributed by atoms with Gasteiger partial charge in [-0.1, -0.05) is 40.5 Å². The highest BCUT2D eigenvalue weighted by Crippen LogP contribution is 2.62. The van der Waals surface area contributed by atoms with Crippen LogP contribution in [-0.4, -0.2) is 29.7 Å². The van der Waals surface area contributed by atoms with Gasteiger partial charge in [0.05, 0.1) is 0 Å². The number of aliphatic carboxylic acids is 1. The first-order valence-corrected chi connectivity index (χ1v) is 7.45. The van der Waals surface area contributed by atoms with E-state index in [0.717, 1.165) is 19.3 Å². The lowest BCUT2D eigenvalue weighted by Crippen LogP contribution is -2.39. The van der Waals surface area contributed by atoms with Crippen molar-refractivity contribution in [2.24, 2.45) is 10.8 Å². The Hall–Kier alpha value is -1.26. The maximum atomic E-state index is 11.7. The summed E-state index contributed by atoms with van der Waals surface area (Å²) in [5.74, 6) is -0.739. The average Bonchev–Trinajstić information content (AvgIpc) is 2.70. The van der Waals surface area contributed by atoms with Gasteiger partial charge in [0.25, 0.3) is 0 Å². The molecule has 20 heavy (non-hydrogen) atoms. The first-order valence-electron chi connectivity index (χ1n) is 7.45. The van der Waals surface area contributed by atoms with E-state index in [1.54, 1.807) is 0 Å². The van der Waals surface area contributed by atoms with E-state index in [1.807, 2.05) is 0 Å². The van der Waals surface area contributed by atoms with E-state index in [9.17, 15) is 9.59 Å². The molecule has 1 aliphatic rings. The van der Waals surface area contributed by atoms with Gasteiger partial charge in [-0.05, 0) is 23.7 Å². The van der Waals surface area contributed by atoms with E-state index >= 15 is 0 Å². The van der Waals surface area contributed by atoms with Crippen molar-refractivity contribution in [1.29, 1.82) is 0 Å². The van der Waals surface area contributed by atoms with Crippen LogP contribution < -0.4 is 10.6 Å². The van der Waals surface area contributed by atoms with Gasteiger partial charge in [0, 0.05) is 19.0 Å². The quantitative estimate of drug-likeness (QED) is 0.600. The largest absolute Gasteiger partial charge is 0.481 e. The highest BCUT2D eigenvalue weighted by molar-refractivity contribution is 5.75. The Bertz CT molecular complexity index is 350. The Balaban J connectivity index is 2.03. The monoisotopic (exact) mass is 284 g/mol. The number of carbonyl (C=O) groups excluding carboxylic acids is 1. The van der Waals surface area contributed by atoms with Crippen LogP contribution in [-0.2, 0) is 4.79 Å². The van der Waals surface area contributed by atoms with Crippen molar-refractivity contribution in [3.63, 3.8) is 0 Å². The van der Waals surface area contributed by atoms with Gasteiger partial charge in [0.15, 0.2) is 0 Å². The molecule has 0 unspecified atom stereocenters. The number of unbranched alkanes of at least 4 members (excludes halogenated alkanes) is 3. The van der Waals surface area contributed by atoms with Gasteiger partial charge < -0.3 is 15.7 Å². The summed E-state index contributed by atoms with van der Waals surface area (Å²) in [4.78, 5) is 22.1. The molecule has 2 amide bonds. The summed E-state index contributed by atoms with van der Waals surface area (Å²) >= 11 is 0. The Morgan fingerprint density at radius 2 is 1.55 bits per heavy atom. The summed E-state index contributed by atoms with van der Waals surface area (Å²) in [6, 6.07) is 0.129. The summed E-state index contributed by atoms with van der Waals surface area (Å²) in [6.07, 6.45) is 3.70. The van der Waals surface area contributed by atoms with Gasteiger partial charge in [-0.3, -0.25) is 4.79 Å². The molecule has 1 fully saturated rings. The molecule has 5 heteroatoms. The highest BCUT2D eigenvalue weighted by Gasteiger charge is 2.65. The average molecular weight is 284 g/mol. The summed E-state index contributed by atoms with van der Waals surface area (Å²) in [7, 11) is 0. The van der Waals surface area contributed by atoms with Gasteiger partial charge >= 0.3 is 12.0 Å². The van der Waals surface area contributed by atoms with E-state index in [2.05, 4.69) is 38.3 Å². The van der Waals surface area contributed by atoms with Gasteiger partial charge in [-0.25, -0.2) is 4.79 Å². The number of amides is 2. The van der Waals surface area contributed by atoms with E-state index < -0.39 is 5.97 Å². The zero-order chi connectivity index (χ0) is 15.4. The topological polar surface area (TPSA) is 78.4 Å². The Kier molecular flexibility index (Phi) is 5.42. The fourth-order valence-electron chi connectivity index (χ4n) is 2.70. The third-order valence-electron chi connectivity index (χ3n) is 4.90. The molecule has 0 radical (unpaired) electrons. The van der Waals surface area contributed by atoms with Crippen molar-refractivity contribution < 1.29 is 14.7 Å². The molecule has 0 aromatic carbocycles. The number of carboxylic acid groups (broad SMARTS) is 1. The molecule has 5 nitrogen and oxygen atoms in total. The molecule has 1 aliphatic carbocycles. The van der Waals surface area contributed by atoms with Crippen LogP contribution in [0.25, 0.3) is 0 Å². The molecular weight excluding hydrogens is 256 g/mol. The standard InChI is InChI=1S/C15H28N2O3/c1-14(2)12(15(14,3)4)17-13(20)16-10-8-6-5-7-9-11(18)19/h12H,5-10H2,1-4H3,(H,18,19)(H2,16,17,20). The van der Waals surface area contributed by atoms with Crippen molar-refractivity contribution in [3.8, 4) is 0 Å². The van der Waals surface area contributed by atoms with Crippen molar-refractivity contribution in [2.45, 2.75) is 65.8 Å². The van der Waals surface area contributed by atoms with E-state index in [-0.39, 0.29) is 29.3 Å². The van der Waals surface area contributed by atoms with Crippen molar-refractivity contribution in [2.75, 3.05) is 6.54 Å². The van der Waals surface area contributed by atoms with Crippen LogP contribution in [0.1, 0.15) is 59.8 Å². The number of nitrogens with one attached hydrogen (secondary N) is 2. The second kappa shape index (κ2) is 6.46. The summed E-state index contributed by atoms with van der Waals surface area (Å²) < 4.78 is 0. The Morgan fingerprint density at radius 3 is 2.05 bits per heavy atom. The molecule has 0 atom stereocenters. The van der Waals surface area contributed by atoms with Crippen LogP contribution in [0.4, 0.5) is 4.79 Å². The van der Waals surface area contributed by atoms with Crippen molar-refractivity contribution >= 4 is 12.0 Å². The minimum atomic E-state index is -0.739. The van der Waals surface area contributed by atoms with Crippen LogP contribution in [0.3, 0.4) is 0 Å². The predicted molar refractivity (Wildman–Crippen MR) is 78.6 cm³/mol. The number of rotatable bonds is 8. The highest BCUT2D eigenvalue weighted by atomic mass is 16.4. The number of urea groups is 1. The maximum Gasteiger partial charge on any atom is 0.315 e. The molecule has 0 aliphatic heterocycles. The lowest BCUT2D eigenvalue weighted by Gasteiger charge is -2.08. The van der Waals surface area contributed by atoms with Crippen molar-refractivity contribution in [1.82, 2.24) is 10.6 Å². The Labute approximate surface area is 121 Å². The maximum absolute atomic E-state index is 11.7. The van der Waals surface area contributed by atoms with Crippen LogP contribution in [0, 0.1) is 10.8 Å². The van der Waals surface area contributed by atoms with E-state index in [0.29, 0.717) is 13.0 Å². The predicted octanol–water partition coefficient (Wildman–Crippen LogP) is 2.76. The third kappa shape index (κ3) is 4.12. The molecule has 116 valence electrons. The number of carboxylic acids is 1. The van der Waals surface area contributed by atoms with E-state index in [1.165, 1.54) is 0 Å². The smallest absolute Gasteiger partial charge is 0.315 e. The molecule has 0 aromatic rings. The normalized spacial score (nSPS) is 19.4. The zero-order valence-electron chi connectivity index (χ0n) is 13.1. The van der Waals surface area contributed by atoms with Gasteiger partial charge in [-0.15, -0.1) is 0 Å². The summed E-state index contributed by atoms with van der Waals surface area (Å²) in [6.45, 7) is 9.31. The first kappa shape index (κ1) is 16.8. The number of carbonyl (C=O) groups is 2. The first-order chi connectivity index (χ1) is 9.19. The lowest BCUT2D eigenvalue weighted by molar-refractivity contribution is -0.137. The van der Waals surface area contributed by atoms with Crippen LogP contribution in [0.15, 0.2) is 0 Å². The zero-order valence-corrected chi connectivity index (χ0v) is 13.1. The second-order valence-corrected chi connectivity index (χ2v) is 6.83. The molecule has 0 heterocycles. The fourth-order valence-corrected chi connectivity index (χ4v) is 2.70. The van der Waals surface area contributed by atoms with E-state index in [4.69, 9.17) is 5.11 Å². The van der Waals surface area contributed by atoms with Crippen LogP contribution in [0.5, 0.6) is 0 Å². The van der Waals surface area contributed by atoms with Gasteiger partial charge in [0.1, 0.15) is 0 Å². The fraction of sp³-hybridized carbons (Fsp3) is 0.867. The minimum Gasteiger partial charge on any atom is -0.481 e. The summed E-state index contributed by atoms with van der Waals surface area (Å²) in [5.41, 5.74) is 0.308. The molecule has 0 spiro atoms.